The molecule has 0 aromatic heterocycles. The zero-order valence-corrected chi connectivity index (χ0v) is 6.54. The lowest BCUT2D eigenvalue weighted by atomic mass is 10.2. The number of hydrogen-bond acceptors (Lipinski definition) is 2. The predicted molar refractivity (Wildman–Crippen MR) is 43.1 cm³/mol. The number of hydrogen-bond donors (Lipinski definition) is 2. The van der Waals surface area contributed by atoms with Crippen LogP contribution in [0.15, 0.2) is 0 Å². The Morgan fingerprint density at radius 2 is 2.11 bits per heavy atom. The van der Waals surface area contributed by atoms with Crippen molar-refractivity contribution in [2.75, 3.05) is 0 Å². The lowest BCUT2D eigenvalue weighted by Gasteiger charge is -1.91. The maximum absolute atomic E-state index is 9.91. The molecule has 0 unspecified atom stereocenters. The smallest absolute Gasteiger partial charge is 0.303 e. The van der Waals surface area contributed by atoms with Crippen LogP contribution in [-0.2, 0) is 4.79 Å². The van der Waals surface area contributed by atoms with Crippen LogP contribution in [0, 0.1) is 0 Å². The first kappa shape index (κ1) is 8.91. The fourth-order valence-corrected chi connectivity index (χ4v) is 0.693. The van der Waals surface area contributed by atoms with Gasteiger partial charge in [-0.15, -0.1) is 12.6 Å². The van der Waals surface area contributed by atoms with Crippen LogP contribution in [0.5, 0.6) is 0 Å². The van der Waals surface area contributed by atoms with E-state index in [-0.39, 0.29) is 6.42 Å². The topological polar surface area (TPSA) is 37.3 Å². The molecule has 0 radical (unpaired) electrons. The second kappa shape index (κ2) is 4.76. The van der Waals surface area contributed by atoms with E-state index < -0.39 is 5.97 Å². The molecule has 0 aliphatic rings. The van der Waals surface area contributed by atoms with Crippen molar-refractivity contribution in [3.63, 3.8) is 0 Å². The zero-order chi connectivity index (χ0) is 7.28. The third-order valence-electron chi connectivity index (χ3n) is 0.781. The van der Waals surface area contributed by atoms with Gasteiger partial charge in [0.05, 0.1) is 0 Å². The number of carboxylic acids is 1. The summed E-state index contributed by atoms with van der Waals surface area (Å²) in [6.07, 6.45) is 1.39. The summed E-state index contributed by atoms with van der Waals surface area (Å²) in [4.78, 5) is 9.91. The highest BCUT2D eigenvalue weighted by Gasteiger charge is 1.96. The van der Waals surface area contributed by atoms with Gasteiger partial charge >= 0.3 is 5.97 Å². The van der Waals surface area contributed by atoms with E-state index in [0.29, 0.717) is 17.0 Å². The van der Waals surface area contributed by atoms with Crippen molar-refractivity contribution in [1.29, 1.82) is 0 Å². The Balaban J connectivity index is 3.10. The largest absolute Gasteiger partial charge is 0.481 e. The van der Waals surface area contributed by atoms with E-state index in [1.807, 2.05) is 0 Å². The quantitative estimate of drug-likeness (QED) is 0.488. The predicted octanol–water partition coefficient (Wildman–Crippen LogP) is 1.50. The summed E-state index contributed by atoms with van der Waals surface area (Å²) < 4.78 is 0.580. The molecular weight excluding hydrogens is 156 g/mol. The number of carboxylic acid groups (broad SMARTS) is 1. The highest BCUT2D eigenvalue weighted by molar-refractivity contribution is 8.11. The molecule has 0 aliphatic heterocycles. The first-order valence-electron chi connectivity index (χ1n) is 2.56. The molecule has 0 atom stereocenters. The second-order valence-corrected chi connectivity index (χ2v) is 2.98. The normalized spacial score (nSPS) is 9.00. The lowest BCUT2D eigenvalue weighted by molar-refractivity contribution is -0.137. The third-order valence-corrected chi connectivity index (χ3v) is 1.21. The second-order valence-electron chi connectivity index (χ2n) is 1.64. The van der Waals surface area contributed by atoms with Crippen LogP contribution in [0.1, 0.15) is 19.3 Å². The zero-order valence-electron chi connectivity index (χ0n) is 4.83. The van der Waals surface area contributed by atoms with E-state index in [4.69, 9.17) is 5.11 Å². The minimum Gasteiger partial charge on any atom is -0.481 e. The summed E-state index contributed by atoms with van der Waals surface area (Å²) >= 11 is 8.46. The molecular formula is C5H8O2S2. The molecule has 9 heavy (non-hydrogen) atoms. The van der Waals surface area contributed by atoms with Gasteiger partial charge in [0.15, 0.2) is 0 Å². The average molecular weight is 164 g/mol. The summed E-state index contributed by atoms with van der Waals surface area (Å²) in [7, 11) is 0. The van der Waals surface area contributed by atoms with Gasteiger partial charge in [-0.2, -0.15) is 0 Å². The first-order valence-corrected chi connectivity index (χ1v) is 3.42. The summed E-state index contributed by atoms with van der Waals surface area (Å²) in [5, 5.41) is 8.16. The number of rotatable bonds is 4. The number of aliphatic carboxylic acids is 1. The Morgan fingerprint density at radius 1 is 1.56 bits per heavy atom. The first-order chi connectivity index (χ1) is 4.13. The fourth-order valence-electron chi connectivity index (χ4n) is 0.391. The Kier molecular flexibility index (Phi) is 4.71. The number of thiocarbonyl (C=S) groups is 1. The maximum atomic E-state index is 9.91. The average Bonchev–Trinajstić information content (AvgIpc) is 1.63. The molecule has 52 valence electrons. The summed E-state index contributed by atoms with van der Waals surface area (Å²) in [6.45, 7) is 0. The highest BCUT2D eigenvalue weighted by Crippen LogP contribution is 1.99. The van der Waals surface area contributed by atoms with Crippen molar-refractivity contribution in [2.24, 2.45) is 0 Å². The van der Waals surface area contributed by atoms with Gasteiger partial charge in [0.2, 0.25) is 0 Å². The highest BCUT2D eigenvalue weighted by atomic mass is 32.1. The van der Waals surface area contributed by atoms with Crippen molar-refractivity contribution in [3.8, 4) is 0 Å². The van der Waals surface area contributed by atoms with Gasteiger partial charge in [-0.3, -0.25) is 4.79 Å². The molecule has 0 rings (SSSR count). The molecule has 2 nitrogen and oxygen atoms in total. The van der Waals surface area contributed by atoms with Crippen LogP contribution in [0.2, 0.25) is 0 Å². The molecule has 0 aromatic rings. The van der Waals surface area contributed by atoms with E-state index >= 15 is 0 Å². The molecule has 0 saturated carbocycles. The maximum Gasteiger partial charge on any atom is 0.303 e. The van der Waals surface area contributed by atoms with Gasteiger partial charge < -0.3 is 5.11 Å². The van der Waals surface area contributed by atoms with Gasteiger partial charge in [0.1, 0.15) is 0 Å². The summed E-state index contributed by atoms with van der Waals surface area (Å²) in [5.41, 5.74) is 0. The summed E-state index contributed by atoms with van der Waals surface area (Å²) in [5.74, 6) is -0.778. The minimum absolute atomic E-state index is 0.181. The van der Waals surface area contributed by atoms with Crippen LogP contribution >= 0.6 is 24.8 Å². The van der Waals surface area contributed by atoms with Crippen molar-refractivity contribution in [3.05, 3.63) is 0 Å². The van der Waals surface area contributed by atoms with E-state index in [0.717, 1.165) is 0 Å². The Bertz CT molecular complexity index is 108. The van der Waals surface area contributed by atoms with Gasteiger partial charge in [-0.1, -0.05) is 12.2 Å². The molecule has 0 fully saturated rings. The Morgan fingerprint density at radius 3 is 2.44 bits per heavy atom. The molecule has 0 bridgehead atoms. The van der Waals surface area contributed by atoms with Crippen LogP contribution in [0.3, 0.4) is 0 Å². The molecule has 4 heteroatoms. The van der Waals surface area contributed by atoms with E-state index in [1.165, 1.54) is 0 Å². The molecule has 0 aliphatic carbocycles. The van der Waals surface area contributed by atoms with Crippen molar-refractivity contribution >= 4 is 35.0 Å². The summed E-state index contributed by atoms with van der Waals surface area (Å²) in [6, 6.07) is 0. The molecule has 0 spiro atoms. The minimum atomic E-state index is -0.778. The molecule has 0 saturated heterocycles. The molecule has 0 aromatic carbocycles. The van der Waals surface area contributed by atoms with Crippen LogP contribution < -0.4 is 0 Å². The van der Waals surface area contributed by atoms with Gasteiger partial charge in [-0.05, 0) is 12.8 Å². The molecule has 0 heterocycles. The Hall–Kier alpha value is -0.0900. The van der Waals surface area contributed by atoms with Gasteiger partial charge in [0.25, 0.3) is 0 Å². The van der Waals surface area contributed by atoms with Crippen molar-refractivity contribution in [1.82, 2.24) is 0 Å². The number of carbonyl (C=O) groups is 1. The van der Waals surface area contributed by atoms with Crippen LogP contribution in [0.25, 0.3) is 0 Å². The van der Waals surface area contributed by atoms with Gasteiger partial charge in [0, 0.05) is 10.6 Å². The SMILES string of the molecule is O=C(O)CCCC(=S)S. The Labute approximate surface area is 64.7 Å². The monoisotopic (exact) mass is 164 g/mol. The van der Waals surface area contributed by atoms with Gasteiger partial charge in [-0.25, -0.2) is 0 Å². The van der Waals surface area contributed by atoms with Crippen molar-refractivity contribution < 1.29 is 9.90 Å². The van der Waals surface area contributed by atoms with E-state index in [1.54, 1.807) is 0 Å². The molecule has 0 amide bonds. The van der Waals surface area contributed by atoms with E-state index in [9.17, 15) is 4.79 Å². The molecule has 1 N–H and O–H groups in total. The van der Waals surface area contributed by atoms with Crippen molar-refractivity contribution in [2.45, 2.75) is 19.3 Å². The fraction of sp³-hybridized carbons (Fsp3) is 0.600. The standard InChI is InChI=1S/C5H8O2S2/c6-4(7)2-1-3-5(8)9/h1-3H2,(H,6,7)(H,8,9). The van der Waals surface area contributed by atoms with E-state index in [2.05, 4.69) is 24.8 Å². The van der Waals surface area contributed by atoms with Crippen LogP contribution in [-0.4, -0.2) is 15.3 Å². The lowest BCUT2D eigenvalue weighted by Crippen LogP contribution is -1.94. The third kappa shape index (κ3) is 7.91. The number of thiol groups is 1. The van der Waals surface area contributed by atoms with Crippen LogP contribution in [0.4, 0.5) is 0 Å².